The van der Waals surface area contributed by atoms with Gasteiger partial charge < -0.3 is 10.6 Å². The number of nitrogens with one attached hydrogen (secondary N) is 2. The minimum atomic E-state index is 1.09. The summed E-state index contributed by atoms with van der Waals surface area (Å²) in [4.78, 5) is 0. The summed E-state index contributed by atoms with van der Waals surface area (Å²) in [6, 6.07) is 34.3. The molecule has 146 valence electrons. The lowest BCUT2D eigenvalue weighted by atomic mass is 9.97. The van der Waals surface area contributed by atoms with Crippen LogP contribution in [0.4, 0.5) is 22.7 Å². The van der Waals surface area contributed by atoms with E-state index >= 15 is 0 Å². The van der Waals surface area contributed by atoms with Gasteiger partial charge in [0.15, 0.2) is 0 Å². The van der Waals surface area contributed by atoms with Gasteiger partial charge in [-0.2, -0.15) is 0 Å². The van der Waals surface area contributed by atoms with Crippen LogP contribution in [-0.4, -0.2) is 0 Å². The van der Waals surface area contributed by atoms with E-state index in [1.807, 2.05) is 0 Å². The fraction of sp³-hybridized carbons (Fsp3) is 0.0714. The van der Waals surface area contributed by atoms with E-state index < -0.39 is 0 Å². The first-order valence-corrected chi connectivity index (χ1v) is 10.3. The minimum Gasteiger partial charge on any atom is -0.355 e. The fourth-order valence-electron chi connectivity index (χ4n) is 3.96. The van der Waals surface area contributed by atoms with E-state index in [0.717, 1.165) is 22.7 Å². The molecule has 0 atom stereocenters. The second kappa shape index (κ2) is 7.57. The molecule has 5 aromatic carbocycles. The maximum absolute atomic E-state index is 3.69. The Balaban J connectivity index is 1.73. The summed E-state index contributed by atoms with van der Waals surface area (Å²) in [7, 11) is 0. The zero-order valence-electron chi connectivity index (χ0n) is 17.2. The first kappa shape index (κ1) is 18.3. The molecular formula is C28H24N2. The molecule has 2 nitrogen and oxygen atoms in total. The Labute approximate surface area is 177 Å². The molecule has 0 aliphatic rings. The third kappa shape index (κ3) is 3.37. The molecule has 0 amide bonds. The molecule has 5 aromatic rings. The van der Waals surface area contributed by atoms with Gasteiger partial charge in [0.2, 0.25) is 0 Å². The van der Waals surface area contributed by atoms with E-state index in [4.69, 9.17) is 0 Å². The van der Waals surface area contributed by atoms with Gasteiger partial charge in [-0.15, -0.1) is 0 Å². The Hall–Kier alpha value is -3.78. The van der Waals surface area contributed by atoms with Gasteiger partial charge in [0.25, 0.3) is 0 Å². The van der Waals surface area contributed by atoms with Crippen molar-refractivity contribution in [2.24, 2.45) is 0 Å². The van der Waals surface area contributed by atoms with Crippen LogP contribution in [0.5, 0.6) is 0 Å². The van der Waals surface area contributed by atoms with Crippen molar-refractivity contribution >= 4 is 44.3 Å². The Morgan fingerprint density at radius 1 is 0.400 bits per heavy atom. The standard InChI is InChI=1S/C28H24N2/c1-19-11-15-21(16-12-19)29-27-23-7-3-5-9-25(23)28(26-10-6-4-8-24(26)27)30-22-17-13-20(2)14-18-22/h3-18,29-30H,1-2H3. The van der Waals surface area contributed by atoms with Crippen LogP contribution in [0.2, 0.25) is 0 Å². The van der Waals surface area contributed by atoms with Crippen molar-refractivity contribution < 1.29 is 0 Å². The summed E-state index contributed by atoms with van der Waals surface area (Å²) >= 11 is 0. The third-order valence-corrected chi connectivity index (χ3v) is 5.57. The lowest BCUT2D eigenvalue weighted by Crippen LogP contribution is -1.98. The molecule has 0 saturated carbocycles. The van der Waals surface area contributed by atoms with Gasteiger partial charge in [-0.25, -0.2) is 0 Å². The average molecular weight is 389 g/mol. The Kier molecular flexibility index (Phi) is 4.61. The summed E-state index contributed by atoms with van der Waals surface area (Å²) < 4.78 is 0. The highest BCUT2D eigenvalue weighted by Crippen LogP contribution is 2.42. The van der Waals surface area contributed by atoms with Crippen LogP contribution < -0.4 is 10.6 Å². The first-order valence-electron chi connectivity index (χ1n) is 10.3. The van der Waals surface area contributed by atoms with Crippen molar-refractivity contribution in [1.29, 1.82) is 0 Å². The number of aryl methyl sites for hydroxylation is 2. The van der Waals surface area contributed by atoms with Crippen LogP contribution in [0, 0.1) is 13.8 Å². The SMILES string of the molecule is Cc1ccc(Nc2c3ccccc3c(Nc3ccc(C)cc3)c3ccccc23)cc1. The molecule has 0 bridgehead atoms. The predicted octanol–water partition coefficient (Wildman–Crippen LogP) is 8.10. The number of rotatable bonds is 4. The Morgan fingerprint density at radius 2 is 0.700 bits per heavy atom. The minimum absolute atomic E-state index is 1.09. The summed E-state index contributed by atoms with van der Waals surface area (Å²) in [5, 5.41) is 12.2. The highest BCUT2D eigenvalue weighted by atomic mass is 14.9. The van der Waals surface area contributed by atoms with Gasteiger partial charge in [-0.3, -0.25) is 0 Å². The molecule has 0 aromatic heterocycles. The first-order chi connectivity index (χ1) is 14.7. The quantitative estimate of drug-likeness (QED) is 0.240. The molecule has 0 saturated heterocycles. The molecule has 0 radical (unpaired) electrons. The van der Waals surface area contributed by atoms with E-state index in [2.05, 4.69) is 122 Å². The zero-order chi connectivity index (χ0) is 20.5. The van der Waals surface area contributed by atoms with Crippen molar-refractivity contribution in [3.8, 4) is 0 Å². The number of benzene rings is 5. The molecule has 5 rings (SSSR count). The molecule has 0 unspecified atom stereocenters. The molecule has 0 fully saturated rings. The van der Waals surface area contributed by atoms with Gasteiger partial charge >= 0.3 is 0 Å². The number of hydrogen-bond donors (Lipinski definition) is 2. The van der Waals surface area contributed by atoms with E-state index in [0.29, 0.717) is 0 Å². The van der Waals surface area contributed by atoms with Gasteiger partial charge in [-0.05, 0) is 38.1 Å². The number of anilines is 4. The van der Waals surface area contributed by atoms with Crippen molar-refractivity contribution in [2.75, 3.05) is 10.6 Å². The molecular weight excluding hydrogens is 364 g/mol. The van der Waals surface area contributed by atoms with Crippen LogP contribution >= 0.6 is 0 Å². The van der Waals surface area contributed by atoms with Gasteiger partial charge in [0.05, 0.1) is 11.4 Å². The average Bonchev–Trinajstić information content (AvgIpc) is 2.78. The van der Waals surface area contributed by atoms with E-state index in [1.54, 1.807) is 0 Å². The van der Waals surface area contributed by atoms with Crippen LogP contribution in [0.15, 0.2) is 97.1 Å². The molecule has 0 spiro atoms. The third-order valence-electron chi connectivity index (χ3n) is 5.57. The summed E-state index contributed by atoms with van der Waals surface area (Å²) in [6.45, 7) is 4.22. The van der Waals surface area contributed by atoms with Crippen LogP contribution in [0.25, 0.3) is 21.5 Å². The summed E-state index contributed by atoms with van der Waals surface area (Å²) in [5.74, 6) is 0. The summed E-state index contributed by atoms with van der Waals surface area (Å²) in [6.07, 6.45) is 0. The molecule has 0 aliphatic heterocycles. The lowest BCUT2D eigenvalue weighted by Gasteiger charge is -2.19. The fourth-order valence-corrected chi connectivity index (χ4v) is 3.96. The highest BCUT2D eigenvalue weighted by Gasteiger charge is 2.14. The van der Waals surface area contributed by atoms with Crippen molar-refractivity contribution in [3.63, 3.8) is 0 Å². The maximum Gasteiger partial charge on any atom is 0.0545 e. The monoisotopic (exact) mass is 388 g/mol. The molecule has 0 heterocycles. The molecule has 0 aliphatic carbocycles. The number of fused-ring (bicyclic) bond motifs is 2. The topological polar surface area (TPSA) is 24.1 Å². The van der Waals surface area contributed by atoms with Gasteiger partial charge in [-0.1, -0.05) is 83.9 Å². The largest absolute Gasteiger partial charge is 0.355 e. The van der Waals surface area contributed by atoms with Crippen molar-refractivity contribution in [1.82, 2.24) is 0 Å². The summed E-state index contributed by atoms with van der Waals surface area (Å²) in [5.41, 5.74) is 6.98. The second-order valence-corrected chi connectivity index (χ2v) is 7.82. The van der Waals surface area contributed by atoms with Crippen molar-refractivity contribution in [3.05, 3.63) is 108 Å². The predicted molar refractivity (Wildman–Crippen MR) is 130 cm³/mol. The highest BCUT2D eigenvalue weighted by molar-refractivity contribution is 6.20. The van der Waals surface area contributed by atoms with E-state index in [-0.39, 0.29) is 0 Å². The number of hydrogen-bond acceptors (Lipinski definition) is 2. The van der Waals surface area contributed by atoms with E-state index in [1.165, 1.54) is 32.7 Å². The van der Waals surface area contributed by atoms with Crippen molar-refractivity contribution in [2.45, 2.75) is 13.8 Å². The van der Waals surface area contributed by atoms with Crippen LogP contribution in [0.1, 0.15) is 11.1 Å². The van der Waals surface area contributed by atoms with Crippen LogP contribution in [0.3, 0.4) is 0 Å². The molecule has 30 heavy (non-hydrogen) atoms. The maximum atomic E-state index is 3.69. The van der Waals surface area contributed by atoms with Gasteiger partial charge in [0, 0.05) is 32.9 Å². The lowest BCUT2D eigenvalue weighted by molar-refractivity contribution is 1.46. The smallest absolute Gasteiger partial charge is 0.0545 e. The Bertz CT molecular complexity index is 1170. The zero-order valence-corrected chi connectivity index (χ0v) is 17.2. The molecule has 2 N–H and O–H groups in total. The second-order valence-electron chi connectivity index (χ2n) is 7.82. The van der Waals surface area contributed by atoms with Crippen LogP contribution in [-0.2, 0) is 0 Å². The molecule has 2 heteroatoms. The van der Waals surface area contributed by atoms with Gasteiger partial charge in [0.1, 0.15) is 0 Å². The Morgan fingerprint density at radius 3 is 1.00 bits per heavy atom. The normalized spacial score (nSPS) is 11.0. The van der Waals surface area contributed by atoms with E-state index in [9.17, 15) is 0 Å².